The van der Waals surface area contributed by atoms with Crippen LogP contribution in [0.4, 0.5) is 0 Å². The first-order valence-corrected chi connectivity index (χ1v) is 5.55. The number of benzene rings is 1. The fourth-order valence-electron chi connectivity index (χ4n) is 1.54. The molecule has 0 bridgehead atoms. The van der Waals surface area contributed by atoms with Crippen molar-refractivity contribution in [2.75, 3.05) is 6.54 Å². The van der Waals surface area contributed by atoms with Crippen LogP contribution in [0.3, 0.4) is 0 Å². The molecule has 5 heteroatoms. The molecule has 5 nitrogen and oxygen atoms in total. The normalized spacial score (nSPS) is 10.5. The quantitative estimate of drug-likeness (QED) is 0.831. The van der Waals surface area contributed by atoms with Crippen molar-refractivity contribution in [3.8, 4) is 5.75 Å². The predicted molar refractivity (Wildman–Crippen MR) is 64.5 cm³/mol. The summed E-state index contributed by atoms with van der Waals surface area (Å²) in [6.07, 6.45) is 2.73. The van der Waals surface area contributed by atoms with E-state index in [-0.39, 0.29) is 0 Å². The first kappa shape index (κ1) is 11.6. The molecule has 1 aromatic heterocycles. The lowest BCUT2D eigenvalue weighted by Crippen LogP contribution is -2.02. The van der Waals surface area contributed by atoms with Gasteiger partial charge in [0.25, 0.3) is 0 Å². The Balaban J connectivity index is 1.90. The van der Waals surface area contributed by atoms with Gasteiger partial charge in [0.1, 0.15) is 18.1 Å². The molecule has 0 unspecified atom stereocenters. The van der Waals surface area contributed by atoms with Crippen molar-refractivity contribution in [2.24, 2.45) is 12.8 Å². The van der Waals surface area contributed by atoms with E-state index in [1.165, 1.54) is 5.56 Å². The number of ether oxygens (including phenoxy) is 1. The number of nitrogens with zero attached hydrogens (tertiary/aromatic N) is 3. The topological polar surface area (TPSA) is 66.0 Å². The Morgan fingerprint density at radius 3 is 2.65 bits per heavy atom. The smallest absolute Gasteiger partial charge is 0.134 e. The molecule has 0 amide bonds. The average Bonchev–Trinajstić information content (AvgIpc) is 2.75. The number of aryl methyl sites for hydroxylation is 1. The fourth-order valence-corrected chi connectivity index (χ4v) is 1.54. The molecule has 0 aliphatic heterocycles. The largest absolute Gasteiger partial charge is 0.487 e. The second-order valence-electron chi connectivity index (χ2n) is 3.85. The summed E-state index contributed by atoms with van der Waals surface area (Å²) in [6, 6.07) is 7.94. The molecule has 1 aromatic carbocycles. The Hall–Kier alpha value is -1.88. The molecule has 90 valence electrons. The summed E-state index contributed by atoms with van der Waals surface area (Å²) in [7, 11) is 1.83. The van der Waals surface area contributed by atoms with E-state index in [9.17, 15) is 0 Å². The van der Waals surface area contributed by atoms with Crippen molar-refractivity contribution in [1.29, 1.82) is 0 Å². The van der Waals surface area contributed by atoms with Crippen LogP contribution in [0.2, 0.25) is 0 Å². The molecule has 0 atom stereocenters. The Morgan fingerprint density at radius 2 is 2.06 bits per heavy atom. The van der Waals surface area contributed by atoms with Crippen molar-refractivity contribution in [1.82, 2.24) is 15.0 Å². The lowest BCUT2D eigenvalue weighted by atomic mass is 10.1. The highest BCUT2D eigenvalue weighted by Crippen LogP contribution is 2.13. The van der Waals surface area contributed by atoms with Gasteiger partial charge in [0.15, 0.2) is 0 Å². The SMILES string of the molecule is Cn1cc(COc2ccc(CCN)cc2)nn1. The van der Waals surface area contributed by atoms with Gasteiger partial charge in [0.2, 0.25) is 0 Å². The van der Waals surface area contributed by atoms with Crippen LogP contribution < -0.4 is 10.5 Å². The Labute approximate surface area is 100 Å². The summed E-state index contributed by atoms with van der Waals surface area (Å²) in [5.74, 6) is 0.830. The monoisotopic (exact) mass is 232 g/mol. The summed E-state index contributed by atoms with van der Waals surface area (Å²) in [4.78, 5) is 0. The second kappa shape index (κ2) is 5.45. The van der Waals surface area contributed by atoms with Crippen molar-refractivity contribution < 1.29 is 4.74 Å². The van der Waals surface area contributed by atoms with E-state index in [0.717, 1.165) is 17.9 Å². The van der Waals surface area contributed by atoms with Crippen LogP contribution in [0.1, 0.15) is 11.3 Å². The molecule has 1 heterocycles. The number of aromatic nitrogens is 3. The summed E-state index contributed by atoms with van der Waals surface area (Å²) in [5, 5.41) is 7.79. The first-order chi connectivity index (χ1) is 8.28. The zero-order valence-electron chi connectivity index (χ0n) is 9.84. The molecule has 0 saturated heterocycles. The van der Waals surface area contributed by atoms with E-state index in [1.54, 1.807) is 4.68 Å². The van der Waals surface area contributed by atoms with E-state index in [1.807, 2.05) is 37.5 Å². The maximum absolute atomic E-state index is 5.59. The Morgan fingerprint density at radius 1 is 1.29 bits per heavy atom. The summed E-state index contributed by atoms with van der Waals surface area (Å²) in [6.45, 7) is 1.10. The number of rotatable bonds is 5. The fraction of sp³-hybridized carbons (Fsp3) is 0.333. The van der Waals surface area contributed by atoms with E-state index >= 15 is 0 Å². The van der Waals surface area contributed by atoms with Crippen molar-refractivity contribution in [3.63, 3.8) is 0 Å². The minimum atomic E-state index is 0.435. The van der Waals surface area contributed by atoms with Crippen molar-refractivity contribution >= 4 is 0 Å². The van der Waals surface area contributed by atoms with Crippen LogP contribution in [0.15, 0.2) is 30.5 Å². The number of hydrogen-bond acceptors (Lipinski definition) is 4. The molecule has 2 rings (SSSR count). The maximum Gasteiger partial charge on any atom is 0.134 e. The van der Waals surface area contributed by atoms with Gasteiger partial charge in [-0.25, -0.2) is 0 Å². The Kier molecular flexibility index (Phi) is 3.72. The summed E-state index contributed by atoms with van der Waals surface area (Å²) in [5.41, 5.74) is 7.53. The minimum Gasteiger partial charge on any atom is -0.487 e. The molecule has 0 aliphatic carbocycles. The Bertz CT molecular complexity index is 464. The minimum absolute atomic E-state index is 0.435. The van der Waals surface area contributed by atoms with Gasteiger partial charge in [-0.2, -0.15) is 0 Å². The van der Waals surface area contributed by atoms with E-state index in [0.29, 0.717) is 13.2 Å². The van der Waals surface area contributed by atoms with Gasteiger partial charge in [-0.15, -0.1) is 5.10 Å². The summed E-state index contributed by atoms with van der Waals surface area (Å²) < 4.78 is 7.25. The lowest BCUT2D eigenvalue weighted by Gasteiger charge is -2.04. The molecule has 17 heavy (non-hydrogen) atoms. The van der Waals surface area contributed by atoms with Gasteiger partial charge in [-0.05, 0) is 30.7 Å². The second-order valence-corrected chi connectivity index (χ2v) is 3.85. The van der Waals surface area contributed by atoms with Gasteiger partial charge < -0.3 is 10.5 Å². The molecule has 2 N–H and O–H groups in total. The standard InChI is InChI=1S/C12H16N4O/c1-16-8-11(14-15-16)9-17-12-4-2-10(3-5-12)6-7-13/h2-5,8H,6-7,9,13H2,1H3. The zero-order valence-corrected chi connectivity index (χ0v) is 9.84. The predicted octanol–water partition coefficient (Wildman–Crippen LogP) is 0.895. The highest BCUT2D eigenvalue weighted by atomic mass is 16.5. The third-order valence-corrected chi connectivity index (χ3v) is 2.39. The van der Waals surface area contributed by atoms with E-state index in [2.05, 4.69) is 10.3 Å². The number of nitrogens with two attached hydrogens (primary N) is 1. The molecular weight excluding hydrogens is 216 g/mol. The van der Waals surface area contributed by atoms with Gasteiger partial charge in [-0.1, -0.05) is 17.3 Å². The van der Waals surface area contributed by atoms with E-state index in [4.69, 9.17) is 10.5 Å². The lowest BCUT2D eigenvalue weighted by molar-refractivity contribution is 0.301. The van der Waals surface area contributed by atoms with Crippen LogP contribution in [-0.4, -0.2) is 21.5 Å². The van der Waals surface area contributed by atoms with Crippen LogP contribution in [0.25, 0.3) is 0 Å². The third-order valence-electron chi connectivity index (χ3n) is 2.39. The highest BCUT2D eigenvalue weighted by molar-refractivity contribution is 5.27. The third kappa shape index (κ3) is 3.29. The van der Waals surface area contributed by atoms with Crippen LogP contribution >= 0.6 is 0 Å². The molecule has 2 aromatic rings. The average molecular weight is 232 g/mol. The molecule has 0 spiro atoms. The van der Waals surface area contributed by atoms with E-state index < -0.39 is 0 Å². The molecular formula is C12H16N4O. The van der Waals surface area contributed by atoms with Gasteiger partial charge >= 0.3 is 0 Å². The van der Waals surface area contributed by atoms with Crippen LogP contribution in [0.5, 0.6) is 5.75 Å². The number of hydrogen-bond donors (Lipinski definition) is 1. The maximum atomic E-state index is 5.59. The molecule has 0 radical (unpaired) electrons. The summed E-state index contributed by atoms with van der Waals surface area (Å²) >= 11 is 0. The molecule has 0 aliphatic rings. The first-order valence-electron chi connectivity index (χ1n) is 5.55. The highest BCUT2D eigenvalue weighted by Gasteiger charge is 2.00. The molecule has 0 fully saturated rings. The van der Waals surface area contributed by atoms with Crippen LogP contribution in [-0.2, 0) is 20.1 Å². The van der Waals surface area contributed by atoms with Crippen molar-refractivity contribution in [3.05, 3.63) is 41.7 Å². The van der Waals surface area contributed by atoms with Gasteiger partial charge in [0, 0.05) is 7.05 Å². The molecule has 0 saturated carbocycles. The zero-order chi connectivity index (χ0) is 12.1. The van der Waals surface area contributed by atoms with Crippen LogP contribution in [0, 0.1) is 0 Å². The van der Waals surface area contributed by atoms with Gasteiger partial charge in [-0.3, -0.25) is 4.68 Å². The van der Waals surface area contributed by atoms with Gasteiger partial charge in [0.05, 0.1) is 6.20 Å². The van der Waals surface area contributed by atoms with Crippen molar-refractivity contribution in [2.45, 2.75) is 13.0 Å².